The highest BCUT2D eigenvalue weighted by molar-refractivity contribution is 9.11. The summed E-state index contributed by atoms with van der Waals surface area (Å²) < 4.78 is 1.16. The summed E-state index contributed by atoms with van der Waals surface area (Å²) in [7, 11) is 0. The van der Waals surface area contributed by atoms with Crippen molar-refractivity contribution in [3.63, 3.8) is 0 Å². The molecule has 0 bridgehead atoms. The Labute approximate surface area is 115 Å². The summed E-state index contributed by atoms with van der Waals surface area (Å²) in [6, 6.07) is 10.8. The minimum Gasteiger partial charge on any atom is -0.324 e. The van der Waals surface area contributed by atoms with E-state index < -0.39 is 0 Å². The van der Waals surface area contributed by atoms with Crippen LogP contribution in [0.3, 0.4) is 0 Å². The highest BCUT2D eigenvalue weighted by atomic mass is 79.9. The number of thiophene rings is 1. The van der Waals surface area contributed by atoms with Crippen LogP contribution in [-0.4, -0.2) is 0 Å². The van der Waals surface area contributed by atoms with Crippen LogP contribution < -0.4 is 5.73 Å². The number of halogens is 1. The van der Waals surface area contributed by atoms with Crippen LogP contribution in [0.2, 0.25) is 0 Å². The molecule has 0 aliphatic rings. The first-order valence-corrected chi connectivity index (χ1v) is 7.24. The van der Waals surface area contributed by atoms with Crippen molar-refractivity contribution in [1.82, 2.24) is 0 Å². The number of benzene rings is 1. The third-order valence-electron chi connectivity index (χ3n) is 2.90. The van der Waals surface area contributed by atoms with Crippen molar-refractivity contribution in [2.45, 2.75) is 26.3 Å². The van der Waals surface area contributed by atoms with Gasteiger partial charge in [-0.25, -0.2) is 0 Å². The molecular formula is C14H16BrNS. The number of hydrogen-bond donors (Lipinski definition) is 1. The van der Waals surface area contributed by atoms with E-state index in [-0.39, 0.29) is 6.04 Å². The average Bonchev–Trinajstić information content (AvgIpc) is 2.61. The zero-order chi connectivity index (χ0) is 12.4. The molecule has 0 fully saturated rings. The van der Waals surface area contributed by atoms with E-state index in [9.17, 15) is 0 Å². The Hall–Kier alpha value is -0.640. The lowest BCUT2D eigenvalue weighted by atomic mass is 10.00. The quantitative estimate of drug-likeness (QED) is 0.895. The summed E-state index contributed by atoms with van der Waals surface area (Å²) in [5.41, 5.74) is 10.1. The normalized spacial score (nSPS) is 12.7. The molecule has 0 spiro atoms. The predicted octanol–water partition coefficient (Wildman–Crippen LogP) is 4.37. The van der Waals surface area contributed by atoms with Gasteiger partial charge < -0.3 is 5.73 Å². The molecule has 0 saturated heterocycles. The molecule has 90 valence electrons. The fourth-order valence-corrected chi connectivity index (χ4v) is 3.70. The van der Waals surface area contributed by atoms with E-state index in [1.54, 1.807) is 11.3 Å². The first-order chi connectivity index (χ1) is 8.06. The summed E-state index contributed by atoms with van der Waals surface area (Å²) in [5.74, 6) is 0. The summed E-state index contributed by atoms with van der Waals surface area (Å²) >= 11 is 5.26. The van der Waals surface area contributed by atoms with Gasteiger partial charge >= 0.3 is 0 Å². The van der Waals surface area contributed by atoms with Crippen molar-refractivity contribution >= 4 is 27.3 Å². The third kappa shape index (κ3) is 3.18. The fraction of sp³-hybridized carbons (Fsp3) is 0.286. The second-order valence-corrected chi connectivity index (χ2v) is 6.99. The molecule has 17 heavy (non-hydrogen) atoms. The molecule has 1 atom stereocenters. The van der Waals surface area contributed by atoms with Crippen molar-refractivity contribution < 1.29 is 0 Å². The Morgan fingerprint density at radius 2 is 1.88 bits per heavy atom. The predicted molar refractivity (Wildman–Crippen MR) is 78.6 cm³/mol. The first kappa shape index (κ1) is 12.8. The lowest BCUT2D eigenvalue weighted by Crippen LogP contribution is -2.13. The lowest BCUT2D eigenvalue weighted by Gasteiger charge is -2.11. The second kappa shape index (κ2) is 5.34. The third-order valence-corrected chi connectivity index (χ3v) is 4.47. The maximum Gasteiger partial charge on any atom is 0.0704 e. The van der Waals surface area contributed by atoms with E-state index in [0.29, 0.717) is 0 Å². The molecule has 3 heteroatoms. The fourth-order valence-electron chi connectivity index (χ4n) is 1.91. The van der Waals surface area contributed by atoms with Crippen molar-refractivity contribution in [2.75, 3.05) is 0 Å². The Morgan fingerprint density at radius 1 is 1.24 bits per heavy atom. The first-order valence-electron chi connectivity index (χ1n) is 5.63. The van der Waals surface area contributed by atoms with Crippen LogP contribution in [0.25, 0.3) is 0 Å². The molecule has 0 radical (unpaired) electrons. The Bertz CT molecular complexity index is 501. The molecule has 2 N–H and O–H groups in total. The van der Waals surface area contributed by atoms with Gasteiger partial charge in [-0.15, -0.1) is 11.3 Å². The summed E-state index contributed by atoms with van der Waals surface area (Å²) in [5, 5.41) is 0. The summed E-state index contributed by atoms with van der Waals surface area (Å²) in [6.07, 6.45) is 0.893. The maximum absolute atomic E-state index is 6.27. The second-order valence-electron chi connectivity index (χ2n) is 4.36. The minimum absolute atomic E-state index is 0.0836. The van der Waals surface area contributed by atoms with Gasteiger partial charge in [-0.3, -0.25) is 0 Å². The molecule has 0 saturated carbocycles. The number of hydrogen-bond acceptors (Lipinski definition) is 2. The molecule has 1 aromatic heterocycles. The SMILES string of the molecule is Cc1ccc(CC(N)c2cc(Br)sc2C)cc1. The zero-order valence-electron chi connectivity index (χ0n) is 10.0. The van der Waals surface area contributed by atoms with Gasteiger partial charge in [0.2, 0.25) is 0 Å². The molecule has 0 aliphatic carbocycles. The van der Waals surface area contributed by atoms with Gasteiger partial charge in [-0.1, -0.05) is 29.8 Å². The van der Waals surface area contributed by atoms with Gasteiger partial charge in [0, 0.05) is 10.9 Å². The van der Waals surface area contributed by atoms with Gasteiger partial charge in [0.1, 0.15) is 0 Å². The monoisotopic (exact) mass is 309 g/mol. The zero-order valence-corrected chi connectivity index (χ0v) is 12.4. The highest BCUT2D eigenvalue weighted by Gasteiger charge is 2.12. The molecular weight excluding hydrogens is 294 g/mol. The van der Waals surface area contributed by atoms with Crippen LogP contribution in [-0.2, 0) is 6.42 Å². The van der Waals surface area contributed by atoms with Gasteiger partial charge in [0.05, 0.1) is 3.79 Å². The molecule has 2 aromatic rings. The van der Waals surface area contributed by atoms with E-state index in [2.05, 4.69) is 60.1 Å². The smallest absolute Gasteiger partial charge is 0.0704 e. The van der Waals surface area contributed by atoms with E-state index in [1.807, 2.05) is 0 Å². The van der Waals surface area contributed by atoms with Crippen LogP contribution in [0.5, 0.6) is 0 Å². The minimum atomic E-state index is 0.0836. The standard InChI is InChI=1S/C14H16BrNS/c1-9-3-5-11(6-4-9)7-13(16)12-8-14(15)17-10(12)2/h3-6,8,13H,7,16H2,1-2H3. The molecule has 0 amide bonds. The Kier molecular flexibility index (Phi) is 4.02. The molecule has 1 aromatic carbocycles. The van der Waals surface area contributed by atoms with Crippen LogP contribution >= 0.6 is 27.3 Å². The topological polar surface area (TPSA) is 26.0 Å². The maximum atomic E-state index is 6.27. The van der Waals surface area contributed by atoms with Gasteiger partial charge in [-0.05, 0) is 53.4 Å². The van der Waals surface area contributed by atoms with Gasteiger partial charge in [0.25, 0.3) is 0 Å². The molecule has 2 rings (SSSR count). The van der Waals surface area contributed by atoms with Crippen LogP contribution in [0, 0.1) is 13.8 Å². The van der Waals surface area contributed by atoms with E-state index >= 15 is 0 Å². The summed E-state index contributed by atoms with van der Waals surface area (Å²) in [4.78, 5) is 1.30. The van der Waals surface area contributed by atoms with Gasteiger partial charge in [0.15, 0.2) is 0 Å². The van der Waals surface area contributed by atoms with Crippen LogP contribution in [0.1, 0.15) is 27.6 Å². The van der Waals surface area contributed by atoms with E-state index in [0.717, 1.165) is 10.2 Å². The largest absolute Gasteiger partial charge is 0.324 e. The van der Waals surface area contributed by atoms with Crippen molar-refractivity contribution in [1.29, 1.82) is 0 Å². The number of nitrogens with two attached hydrogens (primary N) is 1. The van der Waals surface area contributed by atoms with Crippen molar-refractivity contribution in [2.24, 2.45) is 5.73 Å². The van der Waals surface area contributed by atoms with Crippen LogP contribution in [0.4, 0.5) is 0 Å². The van der Waals surface area contributed by atoms with Crippen molar-refractivity contribution in [3.05, 3.63) is 55.7 Å². The number of rotatable bonds is 3. The molecule has 1 heterocycles. The van der Waals surface area contributed by atoms with Crippen molar-refractivity contribution in [3.8, 4) is 0 Å². The average molecular weight is 310 g/mol. The Balaban J connectivity index is 2.14. The molecule has 1 unspecified atom stereocenters. The van der Waals surface area contributed by atoms with E-state index in [1.165, 1.54) is 21.6 Å². The van der Waals surface area contributed by atoms with Gasteiger partial charge in [-0.2, -0.15) is 0 Å². The molecule has 1 nitrogen and oxygen atoms in total. The highest BCUT2D eigenvalue weighted by Crippen LogP contribution is 2.30. The lowest BCUT2D eigenvalue weighted by molar-refractivity contribution is 0.720. The van der Waals surface area contributed by atoms with E-state index in [4.69, 9.17) is 5.73 Å². The molecule has 0 aliphatic heterocycles. The summed E-state index contributed by atoms with van der Waals surface area (Å²) in [6.45, 7) is 4.23. The van der Waals surface area contributed by atoms with Crippen LogP contribution in [0.15, 0.2) is 34.1 Å². The Morgan fingerprint density at radius 3 is 2.41 bits per heavy atom. The number of aryl methyl sites for hydroxylation is 2.